The van der Waals surface area contributed by atoms with E-state index in [4.69, 9.17) is 4.42 Å². The molecule has 2 N–H and O–H groups in total. The van der Waals surface area contributed by atoms with Gasteiger partial charge in [-0.3, -0.25) is 14.9 Å². The molecular formula is C17H18N4O4S. The summed E-state index contributed by atoms with van der Waals surface area (Å²) in [5.41, 5.74) is 0.820. The number of nitriles is 1. The number of hydrogen-bond donors (Lipinski definition) is 2. The van der Waals surface area contributed by atoms with Crippen molar-refractivity contribution in [3.8, 4) is 6.07 Å². The molecule has 8 nitrogen and oxygen atoms in total. The Hall–Kier alpha value is -2.70. The largest absolute Gasteiger partial charge is 0.433 e. The molecule has 2 aromatic heterocycles. The molecule has 0 radical (unpaired) electrons. The smallest absolute Gasteiger partial charge is 0.395 e. The summed E-state index contributed by atoms with van der Waals surface area (Å²) in [6.45, 7) is 8.20. The highest BCUT2D eigenvalue weighted by Gasteiger charge is 2.40. The number of nitrogens with one attached hydrogen (secondary N) is 2. The van der Waals surface area contributed by atoms with Crippen molar-refractivity contribution in [3.63, 3.8) is 0 Å². The van der Waals surface area contributed by atoms with E-state index < -0.39 is 16.7 Å². The van der Waals surface area contributed by atoms with Crippen LogP contribution in [0.3, 0.4) is 0 Å². The van der Waals surface area contributed by atoms with Gasteiger partial charge in [-0.15, -0.1) is 11.3 Å². The number of amides is 1. The standard InChI is InChI=1S/C17H18N4O4S/c1-16(2)7-9-10(8-18)15(26-13(9)17(3,4)20-16)19-14(22)11-5-6-12(25-11)21(23)24/h5-6,20H,7H2,1-4H3,(H,19,22). The molecule has 2 aromatic rings. The Bertz CT molecular complexity index is 949. The predicted molar refractivity (Wildman–Crippen MR) is 96.3 cm³/mol. The van der Waals surface area contributed by atoms with Gasteiger partial charge < -0.3 is 15.1 Å². The van der Waals surface area contributed by atoms with Crippen LogP contribution in [-0.2, 0) is 12.0 Å². The maximum atomic E-state index is 12.4. The summed E-state index contributed by atoms with van der Waals surface area (Å²) in [6.07, 6.45) is 0.660. The Morgan fingerprint density at radius 1 is 1.42 bits per heavy atom. The fourth-order valence-corrected chi connectivity index (χ4v) is 4.67. The molecule has 0 saturated heterocycles. The number of carbonyl (C=O) groups excluding carboxylic acids is 1. The first-order chi connectivity index (χ1) is 12.0. The molecule has 0 aliphatic carbocycles. The van der Waals surface area contributed by atoms with Crippen LogP contribution in [-0.4, -0.2) is 16.4 Å². The first-order valence-corrected chi connectivity index (χ1v) is 8.77. The van der Waals surface area contributed by atoms with Crippen molar-refractivity contribution in [2.24, 2.45) is 0 Å². The van der Waals surface area contributed by atoms with Crippen LogP contribution in [0.1, 0.15) is 54.3 Å². The normalized spacial score (nSPS) is 17.2. The zero-order chi connectivity index (χ0) is 19.3. The van der Waals surface area contributed by atoms with Crippen LogP contribution in [0.15, 0.2) is 16.5 Å². The first-order valence-electron chi connectivity index (χ1n) is 7.95. The SMILES string of the molecule is CC1(C)Cc2c(sc(NC(=O)c3ccc([N+](=O)[O-])o3)c2C#N)C(C)(C)N1. The van der Waals surface area contributed by atoms with Crippen molar-refractivity contribution in [1.29, 1.82) is 5.26 Å². The summed E-state index contributed by atoms with van der Waals surface area (Å²) in [7, 11) is 0. The lowest BCUT2D eigenvalue weighted by atomic mass is 9.81. The van der Waals surface area contributed by atoms with E-state index in [2.05, 4.69) is 30.6 Å². The molecule has 0 unspecified atom stereocenters. The molecule has 136 valence electrons. The highest BCUT2D eigenvalue weighted by molar-refractivity contribution is 7.17. The maximum absolute atomic E-state index is 12.4. The Kier molecular flexibility index (Phi) is 4.13. The van der Waals surface area contributed by atoms with Crippen LogP contribution < -0.4 is 10.6 Å². The van der Waals surface area contributed by atoms with Crippen molar-refractivity contribution < 1.29 is 14.1 Å². The molecule has 9 heteroatoms. The molecule has 0 atom stereocenters. The highest BCUT2D eigenvalue weighted by atomic mass is 32.1. The number of carbonyl (C=O) groups is 1. The third kappa shape index (κ3) is 3.09. The lowest BCUT2D eigenvalue weighted by Crippen LogP contribution is -2.54. The van der Waals surface area contributed by atoms with E-state index >= 15 is 0 Å². The topological polar surface area (TPSA) is 121 Å². The summed E-state index contributed by atoms with van der Waals surface area (Å²) < 4.78 is 4.93. The monoisotopic (exact) mass is 374 g/mol. The van der Waals surface area contributed by atoms with E-state index in [1.807, 2.05) is 13.8 Å². The molecule has 1 amide bonds. The van der Waals surface area contributed by atoms with Crippen molar-refractivity contribution in [3.05, 3.63) is 44.0 Å². The lowest BCUT2D eigenvalue weighted by Gasteiger charge is -2.42. The number of nitrogens with zero attached hydrogens (tertiary/aromatic N) is 2. The third-order valence-electron chi connectivity index (χ3n) is 4.18. The molecule has 0 bridgehead atoms. The number of furan rings is 1. The fraction of sp³-hybridized carbons (Fsp3) is 0.412. The lowest BCUT2D eigenvalue weighted by molar-refractivity contribution is -0.402. The van der Waals surface area contributed by atoms with Crippen molar-refractivity contribution >= 4 is 28.1 Å². The second kappa shape index (κ2) is 5.93. The Balaban J connectivity index is 1.97. The number of rotatable bonds is 3. The summed E-state index contributed by atoms with van der Waals surface area (Å²) in [5, 5.41) is 27.0. The van der Waals surface area contributed by atoms with Gasteiger partial charge in [-0.05, 0) is 45.7 Å². The van der Waals surface area contributed by atoms with E-state index in [0.29, 0.717) is 17.0 Å². The van der Waals surface area contributed by atoms with Crippen molar-refractivity contribution in [1.82, 2.24) is 5.32 Å². The van der Waals surface area contributed by atoms with E-state index in [1.54, 1.807) is 0 Å². The van der Waals surface area contributed by atoms with Gasteiger partial charge in [0.1, 0.15) is 16.0 Å². The minimum absolute atomic E-state index is 0.176. The number of thiophene rings is 1. The van der Waals surface area contributed by atoms with Gasteiger partial charge >= 0.3 is 5.88 Å². The fourth-order valence-electron chi connectivity index (χ4n) is 3.45. The van der Waals surface area contributed by atoms with Crippen LogP contribution in [0.25, 0.3) is 0 Å². The van der Waals surface area contributed by atoms with Gasteiger partial charge in [0.25, 0.3) is 5.91 Å². The maximum Gasteiger partial charge on any atom is 0.433 e. The van der Waals surface area contributed by atoms with Crippen molar-refractivity contribution in [2.45, 2.75) is 45.2 Å². The third-order valence-corrected chi connectivity index (χ3v) is 5.65. The van der Waals surface area contributed by atoms with Gasteiger partial charge in [0, 0.05) is 16.0 Å². The zero-order valence-electron chi connectivity index (χ0n) is 14.8. The van der Waals surface area contributed by atoms with Gasteiger partial charge in [0.15, 0.2) is 5.76 Å². The van der Waals surface area contributed by atoms with Gasteiger partial charge in [-0.25, -0.2) is 0 Å². The van der Waals surface area contributed by atoms with E-state index in [9.17, 15) is 20.2 Å². The molecule has 0 spiro atoms. The number of anilines is 1. The molecule has 1 aliphatic heterocycles. The quantitative estimate of drug-likeness (QED) is 0.626. The van der Waals surface area contributed by atoms with Gasteiger partial charge in [0.2, 0.25) is 0 Å². The molecule has 26 heavy (non-hydrogen) atoms. The Labute approximate surface area is 154 Å². The van der Waals surface area contributed by atoms with Crippen LogP contribution >= 0.6 is 11.3 Å². The van der Waals surface area contributed by atoms with E-state index in [1.165, 1.54) is 17.4 Å². The van der Waals surface area contributed by atoms with E-state index in [0.717, 1.165) is 16.5 Å². The van der Waals surface area contributed by atoms with Gasteiger partial charge in [-0.2, -0.15) is 5.26 Å². The van der Waals surface area contributed by atoms with Crippen LogP contribution in [0.5, 0.6) is 0 Å². The second-order valence-corrected chi connectivity index (χ2v) is 8.41. The van der Waals surface area contributed by atoms with Gasteiger partial charge in [-0.1, -0.05) is 0 Å². The highest BCUT2D eigenvalue weighted by Crippen LogP contribution is 2.44. The molecule has 3 rings (SSSR count). The minimum atomic E-state index is -0.711. The summed E-state index contributed by atoms with van der Waals surface area (Å²) in [5.74, 6) is -1.31. The van der Waals surface area contributed by atoms with Gasteiger partial charge in [0.05, 0.1) is 11.6 Å². The van der Waals surface area contributed by atoms with Crippen LogP contribution in [0, 0.1) is 21.4 Å². The summed E-state index contributed by atoms with van der Waals surface area (Å²) in [4.78, 5) is 23.4. The first kappa shape index (κ1) is 18.1. The van der Waals surface area contributed by atoms with Crippen molar-refractivity contribution in [2.75, 3.05) is 5.32 Å². The average Bonchev–Trinajstić information content (AvgIpc) is 3.10. The van der Waals surface area contributed by atoms with Crippen LogP contribution in [0.4, 0.5) is 10.9 Å². The predicted octanol–water partition coefficient (Wildman–Crippen LogP) is 3.53. The number of nitro groups is 1. The van der Waals surface area contributed by atoms with E-state index in [-0.39, 0.29) is 16.8 Å². The molecule has 0 aromatic carbocycles. The van der Waals surface area contributed by atoms with Crippen LogP contribution in [0.2, 0.25) is 0 Å². The summed E-state index contributed by atoms with van der Waals surface area (Å²) in [6, 6.07) is 4.55. The molecule has 3 heterocycles. The molecule has 0 saturated carbocycles. The Morgan fingerprint density at radius 3 is 2.69 bits per heavy atom. The second-order valence-electron chi connectivity index (χ2n) is 7.39. The number of hydrogen-bond acceptors (Lipinski definition) is 7. The Morgan fingerprint density at radius 2 is 2.12 bits per heavy atom. The average molecular weight is 374 g/mol. The molecule has 0 fully saturated rings. The summed E-state index contributed by atoms with van der Waals surface area (Å²) >= 11 is 1.34. The molecule has 1 aliphatic rings. The number of fused-ring (bicyclic) bond motifs is 1. The molecular weight excluding hydrogens is 356 g/mol. The zero-order valence-corrected chi connectivity index (χ0v) is 15.6. The minimum Gasteiger partial charge on any atom is -0.395 e.